The summed E-state index contributed by atoms with van der Waals surface area (Å²) in [6.07, 6.45) is 1.19. The van der Waals surface area contributed by atoms with Crippen LogP contribution in [-0.2, 0) is 13.1 Å². The highest BCUT2D eigenvalue weighted by molar-refractivity contribution is 5.27. The molecule has 4 rings (SSSR count). The zero-order chi connectivity index (χ0) is 17.9. The van der Waals surface area contributed by atoms with Gasteiger partial charge in [0.15, 0.2) is 6.10 Å². The summed E-state index contributed by atoms with van der Waals surface area (Å²) in [5.41, 5.74) is 1.27. The Balaban J connectivity index is 1.26. The van der Waals surface area contributed by atoms with Gasteiger partial charge in [-0.2, -0.15) is 0 Å². The van der Waals surface area contributed by atoms with E-state index in [1.54, 1.807) is 4.57 Å². The van der Waals surface area contributed by atoms with Crippen LogP contribution < -0.4 is 14.8 Å². The maximum atomic E-state index is 10.7. The van der Waals surface area contributed by atoms with E-state index in [0.717, 1.165) is 38.5 Å². The first-order valence-corrected chi connectivity index (χ1v) is 8.70. The molecule has 1 atom stereocenters. The highest BCUT2D eigenvalue weighted by atomic mass is 16.6. The predicted octanol–water partition coefficient (Wildman–Crippen LogP) is 1.04. The lowest BCUT2D eigenvalue weighted by Gasteiger charge is -2.27. The van der Waals surface area contributed by atoms with Gasteiger partial charge in [0.2, 0.25) is 0 Å². The van der Waals surface area contributed by atoms with Gasteiger partial charge in [-0.3, -0.25) is 9.47 Å². The largest absolute Gasteiger partial charge is 0.490 e. The number of fused-ring (bicyclic) bond motifs is 1. The molecule has 0 amide bonds. The molecule has 3 heterocycles. The van der Waals surface area contributed by atoms with E-state index in [9.17, 15) is 10.1 Å². The van der Waals surface area contributed by atoms with Crippen LogP contribution in [-0.4, -0.2) is 58.3 Å². The van der Waals surface area contributed by atoms with Crippen molar-refractivity contribution >= 4 is 5.82 Å². The third-order valence-corrected chi connectivity index (χ3v) is 4.56. The minimum absolute atomic E-state index is 0.195. The minimum Gasteiger partial charge on any atom is -0.490 e. The molecule has 2 aliphatic rings. The van der Waals surface area contributed by atoms with E-state index >= 15 is 0 Å². The van der Waals surface area contributed by atoms with Gasteiger partial charge in [0, 0.05) is 37.7 Å². The van der Waals surface area contributed by atoms with E-state index in [2.05, 4.69) is 27.3 Å². The van der Waals surface area contributed by atoms with Crippen LogP contribution in [0.5, 0.6) is 11.8 Å². The number of benzene rings is 1. The number of rotatable bonds is 6. The summed E-state index contributed by atoms with van der Waals surface area (Å²) >= 11 is 0. The van der Waals surface area contributed by atoms with Crippen LogP contribution in [0.15, 0.2) is 30.5 Å². The van der Waals surface area contributed by atoms with Crippen molar-refractivity contribution in [3.63, 3.8) is 0 Å². The average molecular weight is 359 g/mol. The van der Waals surface area contributed by atoms with E-state index in [0.29, 0.717) is 13.2 Å². The molecule has 1 aromatic heterocycles. The molecule has 1 aromatic carbocycles. The van der Waals surface area contributed by atoms with Gasteiger partial charge in [-0.25, -0.2) is 0 Å². The zero-order valence-electron chi connectivity index (χ0n) is 14.3. The Hall–Kier alpha value is -2.65. The number of aromatic nitrogens is 2. The quantitative estimate of drug-likeness (QED) is 0.608. The van der Waals surface area contributed by atoms with Crippen molar-refractivity contribution in [1.82, 2.24) is 19.8 Å². The van der Waals surface area contributed by atoms with Gasteiger partial charge in [0.1, 0.15) is 18.6 Å². The normalized spacial score (nSPS) is 19.8. The molecule has 0 radical (unpaired) electrons. The van der Waals surface area contributed by atoms with Gasteiger partial charge in [0.05, 0.1) is 6.54 Å². The number of nitro groups is 1. The second-order valence-corrected chi connectivity index (χ2v) is 6.51. The lowest BCUT2D eigenvalue weighted by atomic mass is 10.2. The maximum absolute atomic E-state index is 10.7. The summed E-state index contributed by atoms with van der Waals surface area (Å²) in [6.45, 7) is 6.06. The lowest BCUT2D eigenvalue weighted by molar-refractivity contribution is -0.389. The van der Waals surface area contributed by atoms with Crippen molar-refractivity contribution in [2.75, 3.05) is 32.8 Å². The summed E-state index contributed by atoms with van der Waals surface area (Å²) in [4.78, 5) is 16.4. The molecule has 2 aromatic rings. The summed E-state index contributed by atoms with van der Waals surface area (Å²) < 4.78 is 13.0. The first-order valence-electron chi connectivity index (χ1n) is 8.70. The van der Waals surface area contributed by atoms with Crippen molar-refractivity contribution in [3.05, 3.63) is 46.1 Å². The Morgan fingerprint density at radius 3 is 2.77 bits per heavy atom. The standard InChI is InChI=1S/C17H21N5O4/c23-22(24)16-11-21-10-15(26-17(21)19-16)12-25-14-3-1-13(2-4-14)9-20-7-5-18-6-8-20/h1-4,11,15,18H,5-10,12H2. The molecule has 9 nitrogen and oxygen atoms in total. The molecule has 0 spiro atoms. The van der Waals surface area contributed by atoms with Gasteiger partial charge in [-0.15, -0.1) is 0 Å². The molecule has 26 heavy (non-hydrogen) atoms. The molecule has 1 saturated heterocycles. The van der Waals surface area contributed by atoms with Crippen molar-refractivity contribution in [1.29, 1.82) is 0 Å². The van der Waals surface area contributed by atoms with Crippen LogP contribution in [0.4, 0.5) is 5.82 Å². The van der Waals surface area contributed by atoms with Crippen LogP contribution in [0, 0.1) is 10.1 Å². The molecule has 0 saturated carbocycles. The Bertz CT molecular complexity index is 746. The molecular formula is C17H21N5O4. The van der Waals surface area contributed by atoms with E-state index in [1.165, 1.54) is 11.8 Å². The Morgan fingerprint density at radius 2 is 2.08 bits per heavy atom. The molecule has 2 aliphatic heterocycles. The molecule has 1 unspecified atom stereocenters. The average Bonchev–Trinajstić information content (AvgIpc) is 3.21. The van der Waals surface area contributed by atoms with Crippen LogP contribution in [0.1, 0.15) is 5.56 Å². The number of piperazine rings is 1. The molecule has 1 fully saturated rings. The fourth-order valence-electron chi connectivity index (χ4n) is 3.20. The smallest absolute Gasteiger partial charge is 0.414 e. The molecule has 0 bridgehead atoms. The monoisotopic (exact) mass is 359 g/mol. The fraction of sp³-hybridized carbons (Fsp3) is 0.471. The third-order valence-electron chi connectivity index (χ3n) is 4.56. The Kier molecular flexibility index (Phi) is 4.72. The van der Waals surface area contributed by atoms with E-state index in [4.69, 9.17) is 9.47 Å². The lowest BCUT2D eigenvalue weighted by Crippen LogP contribution is -2.42. The molecule has 9 heteroatoms. The molecule has 1 N–H and O–H groups in total. The SMILES string of the molecule is O=[N+]([O-])c1cn2c(n1)OC(COc1ccc(CN3CCNCC3)cc1)C2. The van der Waals surface area contributed by atoms with E-state index < -0.39 is 4.92 Å². The van der Waals surface area contributed by atoms with Gasteiger partial charge < -0.3 is 24.9 Å². The highest BCUT2D eigenvalue weighted by Crippen LogP contribution is 2.25. The van der Waals surface area contributed by atoms with Crippen molar-refractivity contribution in [2.45, 2.75) is 19.2 Å². The highest BCUT2D eigenvalue weighted by Gasteiger charge is 2.31. The second kappa shape index (κ2) is 7.30. The van der Waals surface area contributed by atoms with Crippen molar-refractivity contribution in [3.8, 4) is 11.8 Å². The van der Waals surface area contributed by atoms with Crippen molar-refractivity contribution in [2.24, 2.45) is 0 Å². The molecule has 0 aliphatic carbocycles. The fourth-order valence-corrected chi connectivity index (χ4v) is 3.20. The summed E-state index contributed by atoms with van der Waals surface area (Å²) in [7, 11) is 0. The number of hydrogen-bond acceptors (Lipinski definition) is 7. The van der Waals surface area contributed by atoms with Gasteiger partial charge in [-0.05, 0) is 22.6 Å². The van der Waals surface area contributed by atoms with E-state index in [1.807, 2.05) is 12.1 Å². The maximum Gasteiger partial charge on any atom is 0.414 e. The van der Waals surface area contributed by atoms with Crippen LogP contribution in [0.3, 0.4) is 0 Å². The number of imidazole rings is 1. The predicted molar refractivity (Wildman–Crippen MR) is 93.4 cm³/mol. The summed E-state index contributed by atoms with van der Waals surface area (Å²) in [5.74, 6) is 0.590. The first kappa shape index (κ1) is 16.8. The topological polar surface area (TPSA) is 94.7 Å². The number of nitrogens with zero attached hydrogens (tertiary/aromatic N) is 4. The van der Waals surface area contributed by atoms with Gasteiger partial charge in [0.25, 0.3) is 0 Å². The van der Waals surface area contributed by atoms with Crippen LogP contribution in [0.2, 0.25) is 0 Å². The number of hydrogen-bond donors (Lipinski definition) is 1. The van der Waals surface area contributed by atoms with E-state index in [-0.39, 0.29) is 17.9 Å². The molecule has 138 valence electrons. The zero-order valence-corrected chi connectivity index (χ0v) is 14.3. The Labute approximate surface area is 150 Å². The molecular weight excluding hydrogens is 338 g/mol. The number of nitrogens with one attached hydrogen (secondary N) is 1. The first-order chi connectivity index (χ1) is 12.7. The second-order valence-electron chi connectivity index (χ2n) is 6.51. The van der Waals surface area contributed by atoms with Crippen LogP contribution >= 0.6 is 0 Å². The Morgan fingerprint density at radius 1 is 1.31 bits per heavy atom. The van der Waals surface area contributed by atoms with Crippen molar-refractivity contribution < 1.29 is 14.4 Å². The third kappa shape index (κ3) is 3.78. The number of ether oxygens (including phenoxy) is 2. The summed E-state index contributed by atoms with van der Waals surface area (Å²) in [5, 5.41) is 14.0. The van der Waals surface area contributed by atoms with Gasteiger partial charge in [-0.1, -0.05) is 12.1 Å². The summed E-state index contributed by atoms with van der Waals surface area (Å²) in [6, 6.07) is 8.38. The minimum atomic E-state index is -0.526. The van der Waals surface area contributed by atoms with Gasteiger partial charge >= 0.3 is 11.8 Å². The van der Waals surface area contributed by atoms with Crippen LogP contribution in [0.25, 0.3) is 0 Å².